The standard InChI is InChI=1S/C25H42N2O2/c1-17-5-8-20-19(18(17)7-10-23(29)27-15-13-26-14-16-27)6-9-21-24(2,3)22(28)11-12-25(20,21)4/h19-22,26,28H,5-16H2,1-4H3/t19?,20-,21?,22?,25+/m0/s1. The second-order valence-corrected chi connectivity index (χ2v) is 11.2. The Morgan fingerprint density at radius 3 is 2.59 bits per heavy atom. The summed E-state index contributed by atoms with van der Waals surface area (Å²) < 4.78 is 0. The van der Waals surface area contributed by atoms with Crippen molar-refractivity contribution >= 4 is 5.91 Å². The fraction of sp³-hybridized carbons (Fsp3) is 0.880. The molecule has 3 fully saturated rings. The van der Waals surface area contributed by atoms with E-state index in [9.17, 15) is 9.90 Å². The van der Waals surface area contributed by atoms with Crippen molar-refractivity contribution in [3.63, 3.8) is 0 Å². The lowest BCUT2D eigenvalue weighted by Gasteiger charge is -2.62. The van der Waals surface area contributed by atoms with E-state index in [1.165, 1.54) is 25.7 Å². The highest BCUT2D eigenvalue weighted by Gasteiger charge is 2.58. The van der Waals surface area contributed by atoms with E-state index in [1.54, 1.807) is 11.1 Å². The van der Waals surface area contributed by atoms with Crippen LogP contribution < -0.4 is 5.32 Å². The van der Waals surface area contributed by atoms with E-state index in [2.05, 4.69) is 37.9 Å². The van der Waals surface area contributed by atoms with Gasteiger partial charge in [-0.25, -0.2) is 0 Å². The minimum atomic E-state index is -0.158. The molecule has 1 amide bonds. The molecule has 4 aliphatic rings. The Hall–Kier alpha value is -0.870. The first-order valence-corrected chi connectivity index (χ1v) is 12.1. The summed E-state index contributed by atoms with van der Waals surface area (Å²) in [5.74, 6) is 2.34. The average molecular weight is 403 g/mol. The number of allylic oxidation sites excluding steroid dienone is 2. The Labute approximate surface area is 177 Å². The number of nitrogens with zero attached hydrogens (tertiary/aromatic N) is 1. The average Bonchev–Trinajstić information content (AvgIpc) is 2.70. The first kappa shape index (κ1) is 21.4. The topological polar surface area (TPSA) is 52.6 Å². The fourth-order valence-corrected chi connectivity index (χ4v) is 7.74. The summed E-state index contributed by atoms with van der Waals surface area (Å²) in [6, 6.07) is 0. The van der Waals surface area contributed by atoms with Crippen LogP contribution in [0, 0.1) is 28.6 Å². The zero-order valence-corrected chi connectivity index (χ0v) is 19.1. The van der Waals surface area contributed by atoms with Gasteiger partial charge >= 0.3 is 0 Å². The number of carbonyl (C=O) groups is 1. The predicted octanol–water partition coefficient (Wildman–Crippen LogP) is 4.14. The van der Waals surface area contributed by atoms with Gasteiger partial charge < -0.3 is 15.3 Å². The molecule has 2 N–H and O–H groups in total. The van der Waals surface area contributed by atoms with Crippen molar-refractivity contribution in [2.75, 3.05) is 26.2 Å². The Morgan fingerprint density at radius 2 is 1.86 bits per heavy atom. The molecule has 3 aliphatic carbocycles. The van der Waals surface area contributed by atoms with E-state index < -0.39 is 0 Å². The van der Waals surface area contributed by atoms with Crippen LogP contribution in [0.25, 0.3) is 0 Å². The molecular weight excluding hydrogens is 360 g/mol. The van der Waals surface area contributed by atoms with Gasteiger partial charge in [0.05, 0.1) is 6.10 Å². The number of fused-ring (bicyclic) bond motifs is 3. The van der Waals surface area contributed by atoms with Crippen molar-refractivity contribution in [2.24, 2.45) is 28.6 Å². The van der Waals surface area contributed by atoms with Crippen LogP contribution in [0.15, 0.2) is 11.1 Å². The van der Waals surface area contributed by atoms with E-state index in [1.807, 2.05) is 0 Å². The Morgan fingerprint density at radius 1 is 1.14 bits per heavy atom. The molecule has 0 aromatic rings. The Bertz CT molecular complexity index is 664. The summed E-state index contributed by atoms with van der Waals surface area (Å²) in [6.07, 6.45) is 8.56. The van der Waals surface area contributed by atoms with Gasteiger partial charge in [-0.15, -0.1) is 0 Å². The molecule has 4 heteroatoms. The highest BCUT2D eigenvalue weighted by Crippen LogP contribution is 2.64. The Balaban J connectivity index is 1.49. The molecule has 1 aliphatic heterocycles. The zero-order valence-electron chi connectivity index (χ0n) is 19.1. The second-order valence-electron chi connectivity index (χ2n) is 11.2. The molecule has 4 rings (SSSR count). The third kappa shape index (κ3) is 3.69. The number of aliphatic hydroxyl groups is 1. The van der Waals surface area contributed by atoms with Gasteiger partial charge in [-0.1, -0.05) is 31.9 Å². The number of rotatable bonds is 3. The SMILES string of the molecule is CC1=C(CCC(=O)N2CCNCC2)C2CCC3C(C)(C)C(O)CC[C@]3(C)[C@H]2CC1. The van der Waals surface area contributed by atoms with Gasteiger partial charge in [0.25, 0.3) is 0 Å². The zero-order chi connectivity index (χ0) is 20.8. The van der Waals surface area contributed by atoms with Gasteiger partial charge in [-0.2, -0.15) is 0 Å². The van der Waals surface area contributed by atoms with Crippen LogP contribution in [0.3, 0.4) is 0 Å². The van der Waals surface area contributed by atoms with Crippen molar-refractivity contribution in [1.29, 1.82) is 0 Å². The molecule has 0 aromatic heterocycles. The molecular formula is C25H42N2O2. The van der Waals surface area contributed by atoms with Gasteiger partial charge in [-0.3, -0.25) is 4.79 Å². The molecule has 0 radical (unpaired) electrons. The molecule has 0 spiro atoms. The van der Waals surface area contributed by atoms with Crippen molar-refractivity contribution < 1.29 is 9.90 Å². The molecule has 0 bridgehead atoms. The number of hydrogen-bond donors (Lipinski definition) is 2. The summed E-state index contributed by atoms with van der Waals surface area (Å²) >= 11 is 0. The Kier molecular flexibility index (Phi) is 5.89. The van der Waals surface area contributed by atoms with E-state index >= 15 is 0 Å². The van der Waals surface area contributed by atoms with Crippen LogP contribution in [0.4, 0.5) is 0 Å². The van der Waals surface area contributed by atoms with Crippen LogP contribution in [0.1, 0.15) is 79.1 Å². The molecule has 164 valence electrons. The summed E-state index contributed by atoms with van der Waals surface area (Å²) in [5, 5.41) is 14.0. The van der Waals surface area contributed by atoms with Gasteiger partial charge in [0.2, 0.25) is 5.91 Å². The minimum Gasteiger partial charge on any atom is -0.393 e. The van der Waals surface area contributed by atoms with Gasteiger partial charge in [0, 0.05) is 32.6 Å². The van der Waals surface area contributed by atoms with E-state index in [-0.39, 0.29) is 11.5 Å². The molecule has 1 saturated heterocycles. The van der Waals surface area contributed by atoms with Crippen LogP contribution in [-0.2, 0) is 4.79 Å². The maximum absolute atomic E-state index is 12.8. The van der Waals surface area contributed by atoms with Gasteiger partial charge in [-0.05, 0) is 80.5 Å². The highest BCUT2D eigenvalue weighted by molar-refractivity contribution is 5.76. The number of carbonyl (C=O) groups excluding carboxylic acids is 1. The van der Waals surface area contributed by atoms with Crippen LogP contribution >= 0.6 is 0 Å². The lowest BCUT2D eigenvalue weighted by atomic mass is 9.43. The maximum Gasteiger partial charge on any atom is 0.222 e. The predicted molar refractivity (Wildman–Crippen MR) is 117 cm³/mol. The number of nitrogens with one attached hydrogen (secondary N) is 1. The normalized spacial score (nSPS) is 39.7. The first-order chi connectivity index (χ1) is 13.7. The third-order valence-electron chi connectivity index (χ3n) is 9.51. The minimum absolute atomic E-state index is 0.0204. The molecule has 1 heterocycles. The molecule has 29 heavy (non-hydrogen) atoms. The maximum atomic E-state index is 12.8. The molecule has 3 unspecified atom stereocenters. The van der Waals surface area contributed by atoms with Gasteiger partial charge in [0.1, 0.15) is 0 Å². The second kappa shape index (κ2) is 8.00. The largest absolute Gasteiger partial charge is 0.393 e. The van der Waals surface area contributed by atoms with Crippen molar-refractivity contribution in [3.8, 4) is 0 Å². The van der Waals surface area contributed by atoms with Crippen LogP contribution in [0.5, 0.6) is 0 Å². The summed E-state index contributed by atoms with van der Waals surface area (Å²) in [5.41, 5.74) is 3.54. The number of piperazine rings is 1. The summed E-state index contributed by atoms with van der Waals surface area (Å²) in [7, 11) is 0. The van der Waals surface area contributed by atoms with Gasteiger partial charge in [0.15, 0.2) is 0 Å². The van der Waals surface area contributed by atoms with Crippen molar-refractivity contribution in [2.45, 2.75) is 85.2 Å². The first-order valence-electron chi connectivity index (χ1n) is 12.1. The number of hydrogen-bond acceptors (Lipinski definition) is 3. The summed E-state index contributed by atoms with van der Waals surface area (Å²) in [6.45, 7) is 13.0. The molecule has 0 aromatic carbocycles. The smallest absolute Gasteiger partial charge is 0.222 e. The lowest BCUT2D eigenvalue weighted by molar-refractivity contribution is -0.149. The van der Waals surface area contributed by atoms with E-state index in [4.69, 9.17) is 0 Å². The van der Waals surface area contributed by atoms with Crippen LogP contribution in [0.2, 0.25) is 0 Å². The molecule has 2 saturated carbocycles. The molecule has 4 nitrogen and oxygen atoms in total. The lowest BCUT2D eigenvalue weighted by Crippen LogP contribution is -2.56. The van der Waals surface area contributed by atoms with E-state index in [0.29, 0.717) is 29.6 Å². The van der Waals surface area contributed by atoms with Crippen LogP contribution in [-0.4, -0.2) is 48.2 Å². The number of aliphatic hydroxyl groups excluding tert-OH is 1. The van der Waals surface area contributed by atoms with Crippen molar-refractivity contribution in [3.05, 3.63) is 11.1 Å². The third-order valence-corrected chi connectivity index (χ3v) is 9.51. The monoisotopic (exact) mass is 402 g/mol. The summed E-state index contributed by atoms with van der Waals surface area (Å²) in [4.78, 5) is 14.8. The highest BCUT2D eigenvalue weighted by atomic mass is 16.3. The van der Waals surface area contributed by atoms with Crippen molar-refractivity contribution in [1.82, 2.24) is 10.2 Å². The number of amides is 1. The quantitative estimate of drug-likeness (QED) is 0.698. The molecule has 5 atom stereocenters. The fourth-order valence-electron chi connectivity index (χ4n) is 7.74. The van der Waals surface area contributed by atoms with E-state index in [0.717, 1.165) is 51.4 Å².